The summed E-state index contributed by atoms with van der Waals surface area (Å²) in [6.45, 7) is 12.7. The molecule has 0 saturated heterocycles. The van der Waals surface area contributed by atoms with Crippen molar-refractivity contribution < 1.29 is 4.74 Å². The molecule has 0 aliphatic heterocycles. The number of anilines is 1. The maximum Gasteiger partial charge on any atom is 0.119 e. The predicted molar refractivity (Wildman–Crippen MR) is 82.7 cm³/mol. The van der Waals surface area contributed by atoms with Crippen LogP contribution in [0.5, 0.6) is 5.75 Å². The Hall–Kier alpha value is -1.22. The molecule has 19 heavy (non-hydrogen) atoms. The number of hydrogen-bond acceptors (Lipinski definition) is 3. The summed E-state index contributed by atoms with van der Waals surface area (Å²) in [5.41, 5.74) is 8.09. The highest BCUT2D eigenvalue weighted by Gasteiger charge is 2.13. The summed E-state index contributed by atoms with van der Waals surface area (Å²) < 4.78 is 5.53. The van der Waals surface area contributed by atoms with Crippen LogP contribution in [0.15, 0.2) is 18.2 Å². The Bertz CT molecular complexity index is 380. The molecule has 0 aliphatic rings. The molecule has 0 saturated carbocycles. The summed E-state index contributed by atoms with van der Waals surface area (Å²) in [5.74, 6) is 0.910. The van der Waals surface area contributed by atoms with Crippen LogP contribution in [0.4, 0.5) is 5.69 Å². The van der Waals surface area contributed by atoms with Gasteiger partial charge in [-0.3, -0.25) is 4.90 Å². The van der Waals surface area contributed by atoms with Crippen molar-refractivity contribution >= 4 is 5.69 Å². The van der Waals surface area contributed by atoms with Crippen LogP contribution in [-0.4, -0.2) is 30.1 Å². The lowest BCUT2D eigenvalue weighted by atomic mass is 10.1. The zero-order valence-corrected chi connectivity index (χ0v) is 12.9. The van der Waals surface area contributed by atoms with E-state index in [0.717, 1.165) is 24.4 Å². The van der Waals surface area contributed by atoms with E-state index in [0.29, 0.717) is 18.7 Å². The monoisotopic (exact) mass is 264 g/mol. The highest BCUT2D eigenvalue weighted by molar-refractivity contribution is 5.50. The molecule has 3 nitrogen and oxygen atoms in total. The Balaban J connectivity index is 2.72. The van der Waals surface area contributed by atoms with Crippen molar-refractivity contribution in [3.05, 3.63) is 23.8 Å². The Labute approximate surface area is 117 Å². The van der Waals surface area contributed by atoms with Crippen molar-refractivity contribution in [2.45, 2.75) is 53.1 Å². The van der Waals surface area contributed by atoms with E-state index >= 15 is 0 Å². The van der Waals surface area contributed by atoms with Crippen LogP contribution in [-0.2, 0) is 6.42 Å². The Kier molecular flexibility index (Phi) is 6.16. The summed E-state index contributed by atoms with van der Waals surface area (Å²) in [7, 11) is 0. The normalized spacial score (nSPS) is 11.6. The van der Waals surface area contributed by atoms with Gasteiger partial charge in [-0.05, 0) is 64.8 Å². The van der Waals surface area contributed by atoms with E-state index in [2.05, 4.69) is 38.7 Å². The zero-order valence-electron chi connectivity index (χ0n) is 12.9. The summed E-state index contributed by atoms with van der Waals surface area (Å²) in [4.78, 5) is 2.48. The maximum atomic E-state index is 6.05. The Morgan fingerprint density at radius 2 is 1.79 bits per heavy atom. The van der Waals surface area contributed by atoms with E-state index in [4.69, 9.17) is 10.5 Å². The molecule has 0 atom stereocenters. The number of rotatable bonds is 7. The van der Waals surface area contributed by atoms with Crippen LogP contribution in [0.1, 0.15) is 40.2 Å². The summed E-state index contributed by atoms with van der Waals surface area (Å²) in [6.07, 6.45) is 0.961. The molecule has 1 rings (SSSR count). The van der Waals surface area contributed by atoms with Crippen molar-refractivity contribution in [2.75, 3.05) is 18.9 Å². The van der Waals surface area contributed by atoms with Crippen molar-refractivity contribution in [3.8, 4) is 5.75 Å². The van der Waals surface area contributed by atoms with Gasteiger partial charge in [0.15, 0.2) is 0 Å². The van der Waals surface area contributed by atoms with Gasteiger partial charge in [-0.2, -0.15) is 0 Å². The molecule has 0 aromatic heterocycles. The minimum atomic E-state index is 0.552. The van der Waals surface area contributed by atoms with Gasteiger partial charge in [0.05, 0.1) is 6.61 Å². The average molecular weight is 264 g/mol. The minimum absolute atomic E-state index is 0.552. The molecule has 108 valence electrons. The predicted octanol–water partition coefficient (Wildman–Crippen LogP) is 3.33. The van der Waals surface area contributed by atoms with Crippen LogP contribution < -0.4 is 10.5 Å². The average Bonchev–Trinajstić information content (AvgIpc) is 2.32. The van der Waals surface area contributed by atoms with Gasteiger partial charge in [0.25, 0.3) is 0 Å². The standard InChI is InChI=1S/C16H28N2O/c1-6-19-15-7-8-16(17)14(11-15)9-10-18(12(2)3)13(4)5/h7-8,11-13H,6,9-10,17H2,1-5H3. The second kappa shape index (κ2) is 7.39. The van der Waals surface area contributed by atoms with Gasteiger partial charge in [0.2, 0.25) is 0 Å². The summed E-state index contributed by atoms with van der Waals surface area (Å²) in [6, 6.07) is 7.05. The molecule has 1 aromatic rings. The molecule has 0 fully saturated rings. The van der Waals surface area contributed by atoms with Crippen molar-refractivity contribution in [1.82, 2.24) is 4.90 Å². The highest BCUT2D eigenvalue weighted by atomic mass is 16.5. The quantitative estimate of drug-likeness (QED) is 0.768. The van der Waals surface area contributed by atoms with E-state index in [9.17, 15) is 0 Å². The van der Waals surface area contributed by atoms with Crippen LogP contribution in [0.2, 0.25) is 0 Å². The molecular formula is C16H28N2O. The van der Waals surface area contributed by atoms with Crippen LogP contribution in [0.3, 0.4) is 0 Å². The number of ether oxygens (including phenoxy) is 1. The van der Waals surface area contributed by atoms with Gasteiger partial charge in [-0.25, -0.2) is 0 Å². The van der Waals surface area contributed by atoms with Gasteiger partial charge in [-0.15, -0.1) is 0 Å². The van der Waals surface area contributed by atoms with Gasteiger partial charge < -0.3 is 10.5 Å². The second-order valence-corrected chi connectivity index (χ2v) is 5.47. The third-order valence-electron chi connectivity index (χ3n) is 3.39. The molecule has 0 spiro atoms. The largest absolute Gasteiger partial charge is 0.494 e. The smallest absolute Gasteiger partial charge is 0.119 e. The fraction of sp³-hybridized carbons (Fsp3) is 0.625. The van der Waals surface area contributed by atoms with Gasteiger partial charge in [-0.1, -0.05) is 0 Å². The van der Waals surface area contributed by atoms with E-state index < -0.39 is 0 Å². The third kappa shape index (κ3) is 4.75. The lowest BCUT2D eigenvalue weighted by molar-refractivity contribution is 0.177. The molecule has 1 aromatic carbocycles. The molecule has 2 N–H and O–H groups in total. The number of nitrogens with two attached hydrogens (primary N) is 1. The third-order valence-corrected chi connectivity index (χ3v) is 3.39. The number of benzene rings is 1. The van der Waals surface area contributed by atoms with Crippen LogP contribution in [0.25, 0.3) is 0 Å². The van der Waals surface area contributed by atoms with Crippen molar-refractivity contribution in [2.24, 2.45) is 0 Å². The topological polar surface area (TPSA) is 38.5 Å². The molecule has 0 unspecified atom stereocenters. The van der Waals surface area contributed by atoms with E-state index in [1.807, 2.05) is 19.1 Å². The minimum Gasteiger partial charge on any atom is -0.494 e. The maximum absolute atomic E-state index is 6.05. The first-order valence-electron chi connectivity index (χ1n) is 7.22. The molecule has 0 amide bonds. The fourth-order valence-electron chi connectivity index (χ4n) is 2.42. The first-order chi connectivity index (χ1) is 8.95. The fourth-order valence-corrected chi connectivity index (χ4v) is 2.42. The van der Waals surface area contributed by atoms with Crippen molar-refractivity contribution in [3.63, 3.8) is 0 Å². The van der Waals surface area contributed by atoms with Gasteiger partial charge in [0, 0.05) is 24.3 Å². The molecule has 0 heterocycles. The van der Waals surface area contributed by atoms with Crippen LogP contribution >= 0.6 is 0 Å². The van der Waals surface area contributed by atoms with Crippen LogP contribution in [0, 0.1) is 0 Å². The Morgan fingerprint density at radius 1 is 1.16 bits per heavy atom. The zero-order chi connectivity index (χ0) is 14.4. The molecule has 0 radical (unpaired) electrons. The highest BCUT2D eigenvalue weighted by Crippen LogP contribution is 2.21. The van der Waals surface area contributed by atoms with E-state index in [-0.39, 0.29) is 0 Å². The summed E-state index contributed by atoms with van der Waals surface area (Å²) in [5, 5.41) is 0. The first-order valence-corrected chi connectivity index (χ1v) is 7.22. The molecular weight excluding hydrogens is 236 g/mol. The van der Waals surface area contributed by atoms with E-state index in [1.165, 1.54) is 5.56 Å². The molecule has 3 heteroatoms. The number of nitrogen functional groups attached to an aromatic ring is 1. The number of nitrogens with zero attached hydrogens (tertiary/aromatic N) is 1. The van der Waals surface area contributed by atoms with E-state index in [1.54, 1.807) is 0 Å². The number of hydrogen-bond donors (Lipinski definition) is 1. The van der Waals surface area contributed by atoms with Crippen molar-refractivity contribution in [1.29, 1.82) is 0 Å². The lowest BCUT2D eigenvalue weighted by Gasteiger charge is -2.30. The second-order valence-electron chi connectivity index (χ2n) is 5.47. The van der Waals surface area contributed by atoms with Gasteiger partial charge >= 0.3 is 0 Å². The molecule has 0 bridgehead atoms. The summed E-state index contributed by atoms with van der Waals surface area (Å²) >= 11 is 0. The Morgan fingerprint density at radius 3 is 2.32 bits per heavy atom. The SMILES string of the molecule is CCOc1ccc(N)c(CCN(C(C)C)C(C)C)c1. The van der Waals surface area contributed by atoms with Gasteiger partial charge in [0.1, 0.15) is 5.75 Å². The first kappa shape index (κ1) is 15.8. The lowest BCUT2D eigenvalue weighted by Crippen LogP contribution is -2.38. The molecule has 0 aliphatic carbocycles.